The number of methoxy groups -OCH3 is 1. The van der Waals surface area contributed by atoms with Crippen LogP contribution >= 0.6 is 0 Å². The van der Waals surface area contributed by atoms with Gasteiger partial charge in [-0.15, -0.1) is 0 Å². The van der Waals surface area contributed by atoms with Gasteiger partial charge in [0.25, 0.3) is 0 Å². The minimum Gasteiger partial charge on any atom is -0.494 e. The van der Waals surface area contributed by atoms with E-state index >= 15 is 0 Å². The fraction of sp³-hybridized carbons (Fsp3) is 0.474. The zero-order valence-electron chi connectivity index (χ0n) is 14.9. The minimum atomic E-state index is -0.367. The summed E-state index contributed by atoms with van der Waals surface area (Å²) < 4.78 is 10.1. The molecule has 1 rings (SSSR count). The van der Waals surface area contributed by atoms with E-state index in [4.69, 9.17) is 9.84 Å². The highest BCUT2D eigenvalue weighted by atomic mass is 16.5. The molecule has 0 fully saturated rings. The standard InChI is InChI=1S/C19H27NO5/c1-3-15-25-17-8-5-16(6-9-17)7-10-18(22)20(12-4-14-21)13-11-19(23)24-2/h5-10,21H,3-4,11-15H2,1-2H3/b10-7+. The predicted octanol–water partition coefficient (Wildman–Crippen LogP) is 2.26. The molecule has 0 heterocycles. The largest absolute Gasteiger partial charge is 0.494 e. The summed E-state index contributed by atoms with van der Waals surface area (Å²) in [5.74, 6) is 0.227. The lowest BCUT2D eigenvalue weighted by Gasteiger charge is -2.20. The van der Waals surface area contributed by atoms with E-state index in [1.54, 1.807) is 6.08 Å². The second kappa shape index (κ2) is 12.1. The molecule has 0 bridgehead atoms. The Morgan fingerprint density at radius 1 is 1.20 bits per heavy atom. The summed E-state index contributed by atoms with van der Waals surface area (Å²) in [6.07, 6.45) is 4.73. The third-order valence-electron chi connectivity index (χ3n) is 3.48. The Kier molecular flexibility index (Phi) is 10.0. The fourth-order valence-electron chi connectivity index (χ4n) is 2.09. The normalized spacial score (nSPS) is 10.7. The number of aliphatic hydroxyl groups excluding tert-OH is 1. The molecule has 0 atom stereocenters. The maximum absolute atomic E-state index is 12.3. The van der Waals surface area contributed by atoms with Crippen molar-refractivity contribution in [1.82, 2.24) is 4.90 Å². The van der Waals surface area contributed by atoms with Crippen LogP contribution in [0.3, 0.4) is 0 Å². The van der Waals surface area contributed by atoms with Crippen LogP contribution in [0.1, 0.15) is 31.7 Å². The van der Waals surface area contributed by atoms with Gasteiger partial charge in [-0.1, -0.05) is 19.1 Å². The first-order chi connectivity index (χ1) is 12.1. The van der Waals surface area contributed by atoms with E-state index in [9.17, 15) is 9.59 Å². The molecule has 0 aliphatic heterocycles. The van der Waals surface area contributed by atoms with Crippen molar-refractivity contribution in [2.24, 2.45) is 0 Å². The van der Waals surface area contributed by atoms with Gasteiger partial charge in [0.1, 0.15) is 5.75 Å². The number of amides is 1. The highest BCUT2D eigenvalue weighted by molar-refractivity contribution is 5.92. The lowest BCUT2D eigenvalue weighted by molar-refractivity contribution is -0.141. The molecule has 1 aromatic rings. The molecule has 0 aliphatic rings. The van der Waals surface area contributed by atoms with Crippen LogP contribution in [0.2, 0.25) is 0 Å². The molecule has 1 aromatic carbocycles. The van der Waals surface area contributed by atoms with Crippen LogP contribution < -0.4 is 4.74 Å². The molecule has 0 radical (unpaired) electrons. The summed E-state index contributed by atoms with van der Waals surface area (Å²) in [6.45, 7) is 3.37. The number of carbonyl (C=O) groups excluding carboxylic acids is 2. The van der Waals surface area contributed by atoms with Crippen molar-refractivity contribution >= 4 is 18.0 Å². The van der Waals surface area contributed by atoms with Crippen molar-refractivity contribution in [1.29, 1.82) is 0 Å². The third-order valence-corrected chi connectivity index (χ3v) is 3.48. The molecule has 138 valence electrons. The van der Waals surface area contributed by atoms with E-state index in [1.807, 2.05) is 31.2 Å². The molecule has 6 heteroatoms. The Hall–Kier alpha value is -2.34. The number of aliphatic hydroxyl groups is 1. The summed E-state index contributed by atoms with van der Waals surface area (Å²) in [4.78, 5) is 25.1. The van der Waals surface area contributed by atoms with E-state index in [1.165, 1.54) is 18.1 Å². The lowest BCUT2D eigenvalue weighted by Crippen LogP contribution is -2.33. The van der Waals surface area contributed by atoms with Crippen molar-refractivity contribution in [3.63, 3.8) is 0 Å². The quantitative estimate of drug-likeness (QED) is 0.490. The van der Waals surface area contributed by atoms with Crippen molar-refractivity contribution in [2.75, 3.05) is 33.4 Å². The summed E-state index contributed by atoms with van der Waals surface area (Å²) in [6, 6.07) is 7.48. The first-order valence-electron chi connectivity index (χ1n) is 8.48. The molecule has 6 nitrogen and oxygen atoms in total. The zero-order chi connectivity index (χ0) is 18.5. The SMILES string of the molecule is CCCOc1ccc(/C=C/C(=O)N(CCCO)CCC(=O)OC)cc1. The van der Waals surface area contributed by atoms with Gasteiger partial charge in [0.15, 0.2) is 0 Å². The smallest absolute Gasteiger partial charge is 0.307 e. The maximum atomic E-state index is 12.3. The maximum Gasteiger partial charge on any atom is 0.307 e. The van der Waals surface area contributed by atoms with Crippen molar-refractivity contribution < 1.29 is 24.2 Å². The van der Waals surface area contributed by atoms with Crippen LogP contribution in [-0.4, -0.2) is 55.3 Å². The molecule has 1 N–H and O–H groups in total. The number of benzene rings is 1. The minimum absolute atomic E-state index is 0.00899. The molecule has 0 saturated heterocycles. The molecule has 0 unspecified atom stereocenters. The van der Waals surface area contributed by atoms with Crippen LogP contribution in [0.5, 0.6) is 5.75 Å². The highest BCUT2D eigenvalue weighted by Gasteiger charge is 2.12. The summed E-state index contributed by atoms with van der Waals surface area (Å²) >= 11 is 0. The van der Waals surface area contributed by atoms with E-state index in [0.29, 0.717) is 19.6 Å². The molecule has 25 heavy (non-hydrogen) atoms. The average Bonchev–Trinajstić information content (AvgIpc) is 2.65. The lowest BCUT2D eigenvalue weighted by atomic mass is 10.2. The van der Waals surface area contributed by atoms with E-state index in [-0.39, 0.29) is 31.4 Å². The van der Waals surface area contributed by atoms with Crippen LogP contribution in [0, 0.1) is 0 Å². The van der Waals surface area contributed by atoms with Gasteiger partial charge in [-0.3, -0.25) is 9.59 Å². The van der Waals surface area contributed by atoms with Crippen molar-refractivity contribution in [2.45, 2.75) is 26.2 Å². The van der Waals surface area contributed by atoms with Crippen LogP contribution in [0.4, 0.5) is 0 Å². The number of ether oxygens (including phenoxy) is 2. The van der Waals surface area contributed by atoms with E-state index in [0.717, 1.165) is 17.7 Å². The first kappa shape index (κ1) is 20.7. The summed E-state index contributed by atoms with van der Waals surface area (Å²) in [5.41, 5.74) is 0.882. The van der Waals surface area contributed by atoms with Gasteiger partial charge in [0.05, 0.1) is 20.1 Å². The van der Waals surface area contributed by atoms with Gasteiger partial charge < -0.3 is 19.5 Å². The monoisotopic (exact) mass is 349 g/mol. The predicted molar refractivity (Wildman–Crippen MR) is 96.2 cm³/mol. The number of carbonyl (C=O) groups is 2. The Morgan fingerprint density at radius 3 is 2.52 bits per heavy atom. The number of nitrogens with zero attached hydrogens (tertiary/aromatic N) is 1. The number of esters is 1. The van der Waals surface area contributed by atoms with E-state index < -0.39 is 0 Å². The molecule has 0 aromatic heterocycles. The Labute approximate surface area is 149 Å². The van der Waals surface area contributed by atoms with Gasteiger partial charge in [-0.05, 0) is 36.6 Å². The van der Waals surface area contributed by atoms with Crippen LogP contribution in [0.15, 0.2) is 30.3 Å². The van der Waals surface area contributed by atoms with Gasteiger partial charge in [-0.2, -0.15) is 0 Å². The summed E-state index contributed by atoms with van der Waals surface area (Å²) in [5, 5.41) is 8.96. The number of hydrogen-bond donors (Lipinski definition) is 1. The molecular formula is C19H27NO5. The Bertz CT molecular complexity index is 553. The zero-order valence-corrected chi connectivity index (χ0v) is 14.9. The van der Waals surface area contributed by atoms with Crippen molar-refractivity contribution in [3.8, 4) is 5.75 Å². The molecule has 0 saturated carbocycles. The molecule has 0 spiro atoms. The fourth-order valence-corrected chi connectivity index (χ4v) is 2.09. The van der Waals surface area contributed by atoms with Crippen molar-refractivity contribution in [3.05, 3.63) is 35.9 Å². The molecule has 1 amide bonds. The first-order valence-corrected chi connectivity index (χ1v) is 8.48. The highest BCUT2D eigenvalue weighted by Crippen LogP contribution is 2.13. The molecule has 0 aliphatic carbocycles. The second-order valence-corrected chi connectivity index (χ2v) is 5.48. The topological polar surface area (TPSA) is 76.1 Å². The van der Waals surface area contributed by atoms with Gasteiger partial charge in [0.2, 0.25) is 5.91 Å². The van der Waals surface area contributed by atoms with Crippen LogP contribution in [0.25, 0.3) is 6.08 Å². The van der Waals surface area contributed by atoms with E-state index in [2.05, 4.69) is 4.74 Å². The van der Waals surface area contributed by atoms with Gasteiger partial charge >= 0.3 is 5.97 Å². The Morgan fingerprint density at radius 2 is 1.92 bits per heavy atom. The summed E-state index contributed by atoms with van der Waals surface area (Å²) in [7, 11) is 1.32. The third kappa shape index (κ3) is 8.35. The van der Waals surface area contributed by atoms with Crippen LogP contribution in [-0.2, 0) is 14.3 Å². The van der Waals surface area contributed by atoms with Gasteiger partial charge in [0, 0.05) is 25.8 Å². The number of hydrogen-bond acceptors (Lipinski definition) is 5. The van der Waals surface area contributed by atoms with Gasteiger partial charge in [-0.25, -0.2) is 0 Å². The average molecular weight is 349 g/mol. The number of rotatable bonds is 11. The molecular weight excluding hydrogens is 322 g/mol. The second-order valence-electron chi connectivity index (χ2n) is 5.48. The Balaban J connectivity index is 2.63.